The lowest BCUT2D eigenvalue weighted by Crippen LogP contribution is -2.38. The molecule has 0 spiro atoms. The molecule has 0 bridgehead atoms. The highest BCUT2D eigenvalue weighted by molar-refractivity contribution is 6.31. The number of hydrogen-bond donors (Lipinski definition) is 2. The van der Waals surface area contributed by atoms with Gasteiger partial charge < -0.3 is 5.11 Å². The third kappa shape index (κ3) is 4.02. The fourth-order valence-corrected chi connectivity index (χ4v) is 2.08. The first-order valence-electron chi connectivity index (χ1n) is 5.79. The van der Waals surface area contributed by atoms with Gasteiger partial charge in [0.1, 0.15) is 6.04 Å². The van der Waals surface area contributed by atoms with Gasteiger partial charge in [-0.2, -0.15) is 0 Å². The minimum Gasteiger partial charge on any atom is -0.480 e. The molecule has 94 valence electrons. The van der Waals surface area contributed by atoms with Crippen molar-refractivity contribution in [1.29, 1.82) is 0 Å². The highest BCUT2D eigenvalue weighted by Crippen LogP contribution is 2.22. The monoisotopic (exact) mass is 255 g/mol. The quantitative estimate of drug-likeness (QED) is 0.820. The summed E-state index contributed by atoms with van der Waals surface area (Å²) in [6, 6.07) is 6.88. The van der Waals surface area contributed by atoms with Crippen molar-refractivity contribution in [2.45, 2.75) is 38.8 Å². The molecule has 2 N–H and O–H groups in total. The SMILES string of the molecule is CCCC(NC(C)c1ccccc1Cl)C(=O)O. The molecule has 0 saturated carbocycles. The van der Waals surface area contributed by atoms with Crippen molar-refractivity contribution in [2.24, 2.45) is 0 Å². The third-order valence-corrected chi connectivity index (χ3v) is 3.04. The molecule has 1 rings (SSSR count). The first kappa shape index (κ1) is 14.0. The van der Waals surface area contributed by atoms with Gasteiger partial charge in [0.25, 0.3) is 0 Å². The van der Waals surface area contributed by atoms with Gasteiger partial charge in [-0.05, 0) is 25.0 Å². The van der Waals surface area contributed by atoms with Crippen LogP contribution in [0.3, 0.4) is 0 Å². The largest absolute Gasteiger partial charge is 0.480 e. The minimum atomic E-state index is -0.814. The van der Waals surface area contributed by atoms with Crippen LogP contribution in [0.5, 0.6) is 0 Å². The van der Waals surface area contributed by atoms with Crippen LogP contribution in [-0.2, 0) is 4.79 Å². The molecule has 17 heavy (non-hydrogen) atoms. The Bertz CT molecular complexity index is 381. The number of hydrogen-bond acceptors (Lipinski definition) is 2. The van der Waals surface area contributed by atoms with Crippen molar-refractivity contribution in [1.82, 2.24) is 5.32 Å². The Morgan fingerprint density at radius 3 is 2.65 bits per heavy atom. The minimum absolute atomic E-state index is 0.0728. The van der Waals surface area contributed by atoms with Crippen LogP contribution >= 0.6 is 11.6 Å². The smallest absolute Gasteiger partial charge is 0.320 e. The fraction of sp³-hybridized carbons (Fsp3) is 0.462. The van der Waals surface area contributed by atoms with E-state index in [0.29, 0.717) is 11.4 Å². The lowest BCUT2D eigenvalue weighted by Gasteiger charge is -2.20. The van der Waals surface area contributed by atoms with Crippen molar-refractivity contribution >= 4 is 17.6 Å². The molecule has 0 radical (unpaired) electrons. The number of aliphatic carboxylic acids is 1. The third-order valence-electron chi connectivity index (χ3n) is 2.70. The summed E-state index contributed by atoms with van der Waals surface area (Å²) < 4.78 is 0. The first-order valence-corrected chi connectivity index (χ1v) is 6.17. The van der Waals surface area contributed by atoms with Crippen molar-refractivity contribution in [3.8, 4) is 0 Å². The number of rotatable bonds is 6. The van der Waals surface area contributed by atoms with Crippen molar-refractivity contribution in [3.63, 3.8) is 0 Å². The summed E-state index contributed by atoms with van der Waals surface area (Å²) in [6.45, 7) is 3.89. The van der Waals surface area contributed by atoms with Crippen LogP contribution in [0.25, 0.3) is 0 Å². The summed E-state index contributed by atoms with van der Waals surface area (Å²) in [5.41, 5.74) is 0.927. The summed E-state index contributed by atoms with van der Waals surface area (Å²) in [7, 11) is 0. The van der Waals surface area contributed by atoms with Gasteiger partial charge in [0, 0.05) is 11.1 Å². The number of carboxylic acids is 1. The Morgan fingerprint density at radius 2 is 2.12 bits per heavy atom. The van der Waals surface area contributed by atoms with E-state index in [1.165, 1.54) is 0 Å². The van der Waals surface area contributed by atoms with E-state index in [0.717, 1.165) is 12.0 Å². The van der Waals surface area contributed by atoms with E-state index in [4.69, 9.17) is 16.7 Å². The van der Waals surface area contributed by atoms with Gasteiger partial charge in [-0.3, -0.25) is 10.1 Å². The summed E-state index contributed by atoms with van der Waals surface area (Å²) >= 11 is 6.07. The van der Waals surface area contributed by atoms with Crippen molar-refractivity contribution < 1.29 is 9.90 Å². The molecule has 0 amide bonds. The molecule has 0 aliphatic heterocycles. The average Bonchev–Trinajstić information content (AvgIpc) is 2.28. The van der Waals surface area contributed by atoms with Gasteiger partial charge in [0.05, 0.1) is 0 Å². The van der Waals surface area contributed by atoms with Crippen LogP contribution in [0, 0.1) is 0 Å². The fourth-order valence-electron chi connectivity index (χ4n) is 1.78. The Balaban J connectivity index is 2.73. The molecule has 0 aliphatic carbocycles. The number of nitrogens with one attached hydrogen (secondary N) is 1. The van der Waals surface area contributed by atoms with E-state index in [-0.39, 0.29) is 6.04 Å². The van der Waals surface area contributed by atoms with Crippen LogP contribution in [0.4, 0.5) is 0 Å². The summed E-state index contributed by atoms with van der Waals surface area (Å²) in [6.07, 6.45) is 1.45. The highest BCUT2D eigenvalue weighted by Gasteiger charge is 2.19. The van der Waals surface area contributed by atoms with Crippen molar-refractivity contribution in [3.05, 3.63) is 34.9 Å². The molecule has 0 aliphatic rings. The van der Waals surface area contributed by atoms with Gasteiger partial charge in [-0.15, -0.1) is 0 Å². The molecule has 2 unspecified atom stereocenters. The van der Waals surface area contributed by atoms with E-state index < -0.39 is 12.0 Å². The Hall–Kier alpha value is -1.06. The summed E-state index contributed by atoms with van der Waals surface area (Å²) in [5.74, 6) is -0.814. The maximum Gasteiger partial charge on any atom is 0.320 e. The lowest BCUT2D eigenvalue weighted by molar-refractivity contribution is -0.139. The number of benzene rings is 1. The van der Waals surface area contributed by atoms with Gasteiger partial charge in [-0.1, -0.05) is 43.1 Å². The predicted molar refractivity (Wildman–Crippen MR) is 69.3 cm³/mol. The Morgan fingerprint density at radius 1 is 1.47 bits per heavy atom. The van der Waals surface area contributed by atoms with Crippen molar-refractivity contribution in [2.75, 3.05) is 0 Å². The van der Waals surface area contributed by atoms with Gasteiger partial charge in [0.15, 0.2) is 0 Å². The zero-order valence-electron chi connectivity index (χ0n) is 10.1. The first-order chi connectivity index (χ1) is 8.06. The maximum absolute atomic E-state index is 11.0. The molecular formula is C13H18ClNO2. The normalized spacial score (nSPS) is 14.3. The molecule has 0 fully saturated rings. The van der Waals surface area contributed by atoms with Crippen LogP contribution in [0.2, 0.25) is 5.02 Å². The van der Waals surface area contributed by atoms with Gasteiger partial charge in [0.2, 0.25) is 0 Å². The molecule has 1 aromatic carbocycles. The molecular weight excluding hydrogens is 238 g/mol. The van der Waals surface area contributed by atoms with Crippen LogP contribution in [-0.4, -0.2) is 17.1 Å². The predicted octanol–water partition coefficient (Wildman–Crippen LogP) is 3.24. The standard InChI is InChI=1S/C13H18ClNO2/c1-3-6-12(13(16)17)15-9(2)10-7-4-5-8-11(10)14/h4-5,7-9,12,15H,3,6H2,1-2H3,(H,16,17). The van der Waals surface area contributed by atoms with Crippen LogP contribution in [0.1, 0.15) is 38.3 Å². The van der Waals surface area contributed by atoms with Gasteiger partial charge in [-0.25, -0.2) is 0 Å². The molecule has 3 nitrogen and oxygen atoms in total. The van der Waals surface area contributed by atoms with E-state index >= 15 is 0 Å². The zero-order valence-corrected chi connectivity index (χ0v) is 10.9. The number of halogens is 1. The molecule has 1 aromatic rings. The average molecular weight is 256 g/mol. The molecule has 4 heteroatoms. The summed E-state index contributed by atoms with van der Waals surface area (Å²) in [4.78, 5) is 11.0. The second-order valence-electron chi connectivity index (χ2n) is 4.09. The van der Waals surface area contributed by atoms with E-state index in [2.05, 4.69) is 5.32 Å². The summed E-state index contributed by atoms with van der Waals surface area (Å²) in [5, 5.41) is 12.8. The van der Waals surface area contributed by atoms with E-state index in [1.807, 2.05) is 38.1 Å². The molecule has 0 heterocycles. The number of carboxylic acid groups (broad SMARTS) is 1. The second-order valence-corrected chi connectivity index (χ2v) is 4.50. The molecule has 2 atom stereocenters. The zero-order chi connectivity index (χ0) is 12.8. The van der Waals surface area contributed by atoms with E-state index in [1.54, 1.807) is 0 Å². The maximum atomic E-state index is 11.0. The lowest BCUT2D eigenvalue weighted by atomic mass is 10.1. The number of carbonyl (C=O) groups is 1. The molecule has 0 aromatic heterocycles. The van der Waals surface area contributed by atoms with E-state index in [9.17, 15) is 4.79 Å². The second kappa shape index (κ2) is 6.62. The highest BCUT2D eigenvalue weighted by atomic mass is 35.5. The topological polar surface area (TPSA) is 49.3 Å². The Kier molecular flexibility index (Phi) is 5.45. The van der Waals surface area contributed by atoms with Crippen LogP contribution < -0.4 is 5.32 Å². The van der Waals surface area contributed by atoms with Gasteiger partial charge >= 0.3 is 5.97 Å². The Labute approximate surface area is 107 Å². The molecule has 0 saturated heterocycles. The van der Waals surface area contributed by atoms with Crippen LogP contribution in [0.15, 0.2) is 24.3 Å².